The summed E-state index contributed by atoms with van der Waals surface area (Å²) in [4.78, 5) is 14.3. The summed E-state index contributed by atoms with van der Waals surface area (Å²) in [5, 5.41) is 4.16. The number of aryl methyl sites for hydroxylation is 1. The van der Waals surface area contributed by atoms with Crippen molar-refractivity contribution in [2.24, 2.45) is 0 Å². The van der Waals surface area contributed by atoms with Crippen LogP contribution in [-0.4, -0.2) is 33.2 Å². The molecular weight excluding hydrogens is 300 g/mol. The molecule has 2 heterocycles. The van der Waals surface area contributed by atoms with Crippen LogP contribution in [0.2, 0.25) is 0 Å². The second-order valence-corrected chi connectivity index (χ2v) is 5.81. The quantitative estimate of drug-likeness (QED) is 0.867. The van der Waals surface area contributed by atoms with Gasteiger partial charge in [0.1, 0.15) is 0 Å². The van der Waals surface area contributed by atoms with E-state index in [1.165, 1.54) is 12.1 Å². The molecule has 0 bridgehead atoms. The molecule has 23 heavy (non-hydrogen) atoms. The van der Waals surface area contributed by atoms with Gasteiger partial charge in [-0.25, -0.2) is 8.78 Å². The summed E-state index contributed by atoms with van der Waals surface area (Å²) in [6.45, 7) is 1.28. The average molecular weight is 319 g/mol. The molecule has 1 aromatic carbocycles. The zero-order valence-corrected chi connectivity index (χ0v) is 12.8. The van der Waals surface area contributed by atoms with Gasteiger partial charge in [-0.15, -0.1) is 0 Å². The van der Waals surface area contributed by atoms with Crippen molar-refractivity contribution in [3.8, 4) is 0 Å². The maximum Gasteiger partial charge on any atom is 0.257 e. The molecule has 1 aliphatic rings. The predicted octanol–water partition coefficient (Wildman–Crippen LogP) is 3.25. The van der Waals surface area contributed by atoms with E-state index in [1.54, 1.807) is 11.1 Å². The van der Waals surface area contributed by atoms with Crippen LogP contribution in [-0.2, 0) is 6.54 Å². The summed E-state index contributed by atoms with van der Waals surface area (Å²) in [7, 11) is 0. The van der Waals surface area contributed by atoms with Crippen molar-refractivity contribution in [2.45, 2.75) is 38.3 Å². The van der Waals surface area contributed by atoms with Crippen molar-refractivity contribution in [2.75, 3.05) is 6.54 Å². The Balaban J connectivity index is 1.75. The molecule has 4 nitrogen and oxygen atoms in total. The van der Waals surface area contributed by atoms with Gasteiger partial charge >= 0.3 is 0 Å². The second-order valence-electron chi connectivity index (χ2n) is 5.81. The minimum Gasteiger partial charge on any atom is -0.336 e. The largest absolute Gasteiger partial charge is 0.336 e. The van der Waals surface area contributed by atoms with Crippen LogP contribution in [0.3, 0.4) is 0 Å². The van der Waals surface area contributed by atoms with Gasteiger partial charge in [0.15, 0.2) is 11.6 Å². The third-order valence-electron chi connectivity index (χ3n) is 4.32. The lowest BCUT2D eigenvalue weighted by Crippen LogP contribution is -2.44. The molecule has 0 unspecified atom stereocenters. The lowest BCUT2D eigenvalue weighted by Gasteiger charge is -2.36. The van der Waals surface area contributed by atoms with E-state index in [0.717, 1.165) is 31.7 Å². The van der Waals surface area contributed by atoms with Crippen LogP contribution >= 0.6 is 0 Å². The molecule has 0 N–H and O–H groups in total. The molecule has 6 heteroatoms. The van der Waals surface area contributed by atoms with Crippen LogP contribution in [0.25, 0.3) is 0 Å². The second kappa shape index (κ2) is 6.89. The molecule has 1 amide bonds. The number of halogens is 2. The first-order valence-electron chi connectivity index (χ1n) is 7.89. The van der Waals surface area contributed by atoms with Gasteiger partial charge in [-0.2, -0.15) is 5.10 Å². The van der Waals surface area contributed by atoms with Gasteiger partial charge < -0.3 is 4.90 Å². The number of piperidine rings is 1. The van der Waals surface area contributed by atoms with Crippen LogP contribution in [0.5, 0.6) is 0 Å². The molecule has 0 spiro atoms. The summed E-state index contributed by atoms with van der Waals surface area (Å²) in [6, 6.07) is 5.63. The fourth-order valence-electron chi connectivity index (χ4n) is 3.11. The Hall–Kier alpha value is -2.24. The van der Waals surface area contributed by atoms with Crippen LogP contribution < -0.4 is 0 Å². The number of aromatic nitrogens is 2. The summed E-state index contributed by atoms with van der Waals surface area (Å²) in [6.07, 6.45) is 7.15. The number of carbonyl (C=O) groups is 1. The number of carbonyl (C=O) groups excluding carboxylic acids is 1. The summed E-state index contributed by atoms with van der Waals surface area (Å²) < 4.78 is 29.1. The van der Waals surface area contributed by atoms with E-state index >= 15 is 0 Å². The topological polar surface area (TPSA) is 38.1 Å². The highest BCUT2D eigenvalue weighted by Crippen LogP contribution is 2.24. The van der Waals surface area contributed by atoms with Gasteiger partial charge in [0.25, 0.3) is 5.91 Å². The van der Waals surface area contributed by atoms with Gasteiger partial charge in [0.05, 0.1) is 5.56 Å². The van der Waals surface area contributed by atoms with Crippen molar-refractivity contribution in [3.05, 3.63) is 53.9 Å². The first-order valence-corrected chi connectivity index (χ1v) is 7.89. The van der Waals surface area contributed by atoms with Crippen LogP contribution in [0.15, 0.2) is 36.7 Å². The maximum absolute atomic E-state index is 13.9. The van der Waals surface area contributed by atoms with E-state index in [9.17, 15) is 13.6 Å². The lowest BCUT2D eigenvalue weighted by molar-refractivity contribution is 0.0588. The molecule has 0 radical (unpaired) electrons. The van der Waals surface area contributed by atoms with Crippen LogP contribution in [0, 0.1) is 11.6 Å². The van der Waals surface area contributed by atoms with Gasteiger partial charge in [-0.05, 0) is 43.9 Å². The molecule has 1 fully saturated rings. The highest BCUT2D eigenvalue weighted by molar-refractivity contribution is 5.94. The van der Waals surface area contributed by atoms with Gasteiger partial charge in [0, 0.05) is 31.5 Å². The highest BCUT2D eigenvalue weighted by atomic mass is 19.2. The zero-order chi connectivity index (χ0) is 16.2. The standard InChI is InChI=1S/C17H19F2N3O/c18-15-7-3-6-14(16(15)19)17(23)22-11-2-1-5-13(22)8-12-21-10-4-9-20-21/h3-4,6-7,9-10,13H,1-2,5,8,11-12H2/t13-/m0/s1. The number of nitrogens with zero attached hydrogens (tertiary/aromatic N) is 3. The Morgan fingerprint density at radius 2 is 2.13 bits per heavy atom. The molecule has 0 saturated carbocycles. The minimum absolute atomic E-state index is 0.0307. The molecule has 122 valence electrons. The van der Waals surface area contributed by atoms with Gasteiger partial charge in [0.2, 0.25) is 0 Å². The van der Waals surface area contributed by atoms with E-state index in [0.29, 0.717) is 13.1 Å². The molecule has 1 aliphatic heterocycles. The molecule has 3 rings (SSSR count). The number of likely N-dealkylation sites (tertiary alicyclic amines) is 1. The number of benzene rings is 1. The minimum atomic E-state index is -1.06. The van der Waals surface area contributed by atoms with Crippen molar-refractivity contribution in [1.29, 1.82) is 0 Å². The molecule has 0 aliphatic carbocycles. The molecular formula is C17H19F2N3O. The average Bonchev–Trinajstić information content (AvgIpc) is 3.09. The van der Waals surface area contributed by atoms with E-state index in [2.05, 4.69) is 5.10 Å². The van der Waals surface area contributed by atoms with E-state index in [-0.39, 0.29) is 11.6 Å². The first kappa shape index (κ1) is 15.6. The van der Waals surface area contributed by atoms with Crippen LogP contribution in [0.4, 0.5) is 8.78 Å². The SMILES string of the molecule is O=C(c1cccc(F)c1F)N1CCCC[C@H]1CCn1cccn1. The number of rotatable bonds is 4. The Kier molecular flexibility index (Phi) is 4.69. The third kappa shape index (κ3) is 3.41. The Labute approximate surface area is 133 Å². The number of hydrogen-bond acceptors (Lipinski definition) is 2. The van der Waals surface area contributed by atoms with Crippen molar-refractivity contribution < 1.29 is 13.6 Å². The summed E-state index contributed by atoms with van der Waals surface area (Å²) in [5.74, 6) is -2.47. The normalized spacial score (nSPS) is 18.2. The fourth-order valence-corrected chi connectivity index (χ4v) is 3.11. The predicted molar refractivity (Wildman–Crippen MR) is 81.9 cm³/mol. The van der Waals surface area contributed by atoms with E-state index in [1.807, 2.05) is 16.9 Å². The Morgan fingerprint density at radius 1 is 1.26 bits per heavy atom. The summed E-state index contributed by atoms with van der Waals surface area (Å²) >= 11 is 0. The fraction of sp³-hybridized carbons (Fsp3) is 0.412. The van der Waals surface area contributed by atoms with E-state index < -0.39 is 17.5 Å². The van der Waals surface area contributed by atoms with Gasteiger partial charge in [-0.1, -0.05) is 6.07 Å². The number of hydrogen-bond donors (Lipinski definition) is 0. The maximum atomic E-state index is 13.9. The Bertz CT molecular complexity index is 672. The smallest absolute Gasteiger partial charge is 0.257 e. The molecule has 1 aromatic heterocycles. The van der Waals surface area contributed by atoms with E-state index in [4.69, 9.17) is 0 Å². The highest BCUT2D eigenvalue weighted by Gasteiger charge is 2.29. The van der Waals surface area contributed by atoms with Gasteiger partial charge in [-0.3, -0.25) is 9.48 Å². The Morgan fingerprint density at radius 3 is 2.91 bits per heavy atom. The zero-order valence-electron chi connectivity index (χ0n) is 12.8. The third-order valence-corrected chi connectivity index (χ3v) is 4.32. The van der Waals surface area contributed by atoms with Crippen molar-refractivity contribution in [1.82, 2.24) is 14.7 Å². The lowest BCUT2D eigenvalue weighted by atomic mass is 9.98. The van der Waals surface area contributed by atoms with Crippen molar-refractivity contribution >= 4 is 5.91 Å². The monoisotopic (exact) mass is 319 g/mol. The first-order chi connectivity index (χ1) is 11.2. The number of amides is 1. The van der Waals surface area contributed by atoms with Crippen molar-refractivity contribution in [3.63, 3.8) is 0 Å². The summed E-state index contributed by atoms with van der Waals surface area (Å²) in [5.41, 5.74) is -0.184. The molecule has 1 saturated heterocycles. The molecule has 2 aromatic rings. The van der Waals surface area contributed by atoms with Crippen LogP contribution in [0.1, 0.15) is 36.0 Å². The molecule has 1 atom stereocenters.